The van der Waals surface area contributed by atoms with Crippen LogP contribution in [0.15, 0.2) is 48.6 Å². The van der Waals surface area contributed by atoms with Crippen LogP contribution < -0.4 is 0 Å². The van der Waals surface area contributed by atoms with Crippen molar-refractivity contribution in [1.82, 2.24) is 0 Å². The van der Waals surface area contributed by atoms with Crippen LogP contribution in [-0.4, -0.2) is 37.9 Å². The van der Waals surface area contributed by atoms with E-state index in [4.69, 9.17) is 14.2 Å². The molecule has 62 heavy (non-hydrogen) atoms. The fourth-order valence-electron chi connectivity index (χ4n) is 7.86. The second kappa shape index (κ2) is 53.2. The predicted octanol–water partition coefficient (Wildman–Crippen LogP) is 18.3. The fraction of sp³-hybridized carbons (Fsp3) is 0.825. The first-order valence-corrected chi connectivity index (χ1v) is 27.2. The molecule has 5 heteroatoms. The maximum atomic E-state index is 12.8. The van der Waals surface area contributed by atoms with E-state index < -0.39 is 6.10 Å². The molecule has 0 aliphatic carbocycles. The molecule has 1 atom stereocenters. The molecule has 0 aliphatic rings. The first-order valence-electron chi connectivity index (χ1n) is 27.2. The Morgan fingerprint density at radius 3 is 1.15 bits per heavy atom. The largest absolute Gasteiger partial charge is 0.462 e. The van der Waals surface area contributed by atoms with Crippen molar-refractivity contribution in [2.75, 3.05) is 19.8 Å². The van der Waals surface area contributed by atoms with Gasteiger partial charge in [0.2, 0.25) is 0 Å². The molecule has 0 aromatic heterocycles. The van der Waals surface area contributed by atoms with Gasteiger partial charge < -0.3 is 14.2 Å². The maximum Gasteiger partial charge on any atom is 0.306 e. The molecule has 0 saturated heterocycles. The van der Waals surface area contributed by atoms with Gasteiger partial charge in [0.1, 0.15) is 6.61 Å². The van der Waals surface area contributed by atoms with Crippen molar-refractivity contribution in [3.8, 4) is 0 Å². The van der Waals surface area contributed by atoms with Gasteiger partial charge in [0.05, 0.1) is 6.61 Å². The van der Waals surface area contributed by atoms with Gasteiger partial charge in [0.25, 0.3) is 0 Å². The molecular weight excluding hydrogens is 765 g/mol. The van der Waals surface area contributed by atoms with Crippen molar-refractivity contribution in [2.45, 2.75) is 284 Å². The number of ether oxygens (including phenoxy) is 3. The lowest BCUT2D eigenvalue weighted by Crippen LogP contribution is -2.30. The zero-order valence-electron chi connectivity index (χ0n) is 41.6. The third kappa shape index (κ3) is 50.5. The lowest BCUT2D eigenvalue weighted by atomic mass is 10.0. The summed E-state index contributed by atoms with van der Waals surface area (Å²) in [5, 5.41) is 0. The zero-order chi connectivity index (χ0) is 44.9. The van der Waals surface area contributed by atoms with Crippen LogP contribution in [-0.2, 0) is 23.8 Å². The van der Waals surface area contributed by atoms with Gasteiger partial charge in [-0.25, -0.2) is 0 Å². The van der Waals surface area contributed by atoms with Gasteiger partial charge in [0, 0.05) is 19.4 Å². The molecule has 0 aliphatic heterocycles. The summed E-state index contributed by atoms with van der Waals surface area (Å²) in [5.74, 6) is -0.400. The van der Waals surface area contributed by atoms with Crippen LogP contribution in [0.5, 0.6) is 0 Å². The van der Waals surface area contributed by atoms with Gasteiger partial charge >= 0.3 is 11.9 Å². The number of esters is 2. The number of allylic oxidation sites excluding steroid dienone is 8. The maximum absolute atomic E-state index is 12.8. The van der Waals surface area contributed by atoms with Gasteiger partial charge in [-0.05, 0) is 57.8 Å². The van der Waals surface area contributed by atoms with Crippen molar-refractivity contribution in [3.63, 3.8) is 0 Å². The van der Waals surface area contributed by atoms with E-state index in [2.05, 4.69) is 69.4 Å². The Balaban J connectivity index is 4.27. The zero-order valence-corrected chi connectivity index (χ0v) is 41.6. The van der Waals surface area contributed by atoms with E-state index in [0.29, 0.717) is 19.4 Å². The molecule has 0 rings (SSSR count). The highest BCUT2D eigenvalue weighted by atomic mass is 16.6. The summed E-state index contributed by atoms with van der Waals surface area (Å²) in [5.41, 5.74) is 0. The van der Waals surface area contributed by atoms with Crippen molar-refractivity contribution in [1.29, 1.82) is 0 Å². The molecule has 0 aromatic carbocycles. The molecule has 0 fully saturated rings. The van der Waals surface area contributed by atoms with Gasteiger partial charge in [-0.2, -0.15) is 0 Å². The normalized spacial score (nSPS) is 12.5. The second-order valence-electron chi connectivity index (χ2n) is 18.1. The average molecular weight is 869 g/mol. The molecule has 0 spiro atoms. The molecule has 0 amide bonds. The SMILES string of the molecule is CC/C=C\C/C=C\C/C=C\C/C=C\CCCCCOCC(COC(=O)CCCCCCCCCCCCCCCCCCC)OC(=O)CCCCCCCCCCCCCCC. The Labute approximate surface area is 386 Å². The average Bonchev–Trinajstić information content (AvgIpc) is 3.27. The third-order valence-corrected chi connectivity index (χ3v) is 11.9. The Kier molecular flexibility index (Phi) is 51.4. The monoisotopic (exact) mass is 869 g/mol. The van der Waals surface area contributed by atoms with E-state index in [-0.39, 0.29) is 25.2 Å². The van der Waals surface area contributed by atoms with Crippen LogP contribution in [0.4, 0.5) is 0 Å². The van der Waals surface area contributed by atoms with E-state index in [1.165, 1.54) is 167 Å². The minimum atomic E-state index is -0.548. The van der Waals surface area contributed by atoms with Crippen molar-refractivity contribution in [2.24, 2.45) is 0 Å². The molecule has 0 saturated carbocycles. The van der Waals surface area contributed by atoms with E-state index in [0.717, 1.165) is 77.0 Å². The minimum Gasteiger partial charge on any atom is -0.462 e. The highest BCUT2D eigenvalue weighted by Crippen LogP contribution is 2.16. The highest BCUT2D eigenvalue weighted by Gasteiger charge is 2.17. The summed E-state index contributed by atoms with van der Waals surface area (Å²) in [6.45, 7) is 7.69. The minimum absolute atomic E-state index is 0.0773. The standard InChI is InChI=1S/C57H104O5/c1-4-7-10-13-16-19-22-25-27-29-30-33-35-38-41-44-47-50-56(58)61-54-55(62-57(59)51-48-45-42-39-36-32-24-21-18-15-12-9-6-3)53-60-52-49-46-43-40-37-34-31-28-26-23-20-17-14-11-8-5-2/h8,11,17,20,26,28,34,37,55H,4-7,9-10,12-16,18-19,21-25,27,29-33,35-36,38-54H2,1-3H3/b11-8-,20-17-,28-26-,37-34-. The summed E-state index contributed by atoms with van der Waals surface area (Å²) >= 11 is 0. The van der Waals surface area contributed by atoms with Crippen LogP contribution in [0.1, 0.15) is 278 Å². The number of carbonyl (C=O) groups is 2. The number of hydrogen-bond donors (Lipinski definition) is 0. The third-order valence-electron chi connectivity index (χ3n) is 11.9. The van der Waals surface area contributed by atoms with Crippen LogP contribution in [0.2, 0.25) is 0 Å². The lowest BCUT2D eigenvalue weighted by Gasteiger charge is -2.18. The number of hydrogen-bond acceptors (Lipinski definition) is 5. The van der Waals surface area contributed by atoms with Crippen LogP contribution in [0, 0.1) is 0 Å². The van der Waals surface area contributed by atoms with E-state index >= 15 is 0 Å². The molecule has 362 valence electrons. The Hall–Kier alpha value is -2.14. The Morgan fingerprint density at radius 1 is 0.371 bits per heavy atom. The van der Waals surface area contributed by atoms with E-state index in [9.17, 15) is 9.59 Å². The molecule has 0 N–H and O–H groups in total. The fourth-order valence-corrected chi connectivity index (χ4v) is 7.86. The number of unbranched alkanes of at least 4 members (excludes halogenated alkanes) is 31. The van der Waals surface area contributed by atoms with Gasteiger partial charge in [-0.15, -0.1) is 0 Å². The predicted molar refractivity (Wildman–Crippen MR) is 270 cm³/mol. The topological polar surface area (TPSA) is 61.8 Å². The van der Waals surface area contributed by atoms with Crippen molar-refractivity contribution in [3.05, 3.63) is 48.6 Å². The first-order chi connectivity index (χ1) is 30.6. The van der Waals surface area contributed by atoms with E-state index in [1.54, 1.807) is 0 Å². The summed E-state index contributed by atoms with van der Waals surface area (Å²) in [6.07, 6.45) is 65.5. The highest BCUT2D eigenvalue weighted by molar-refractivity contribution is 5.70. The molecule has 0 aromatic rings. The number of rotatable bonds is 50. The molecule has 0 bridgehead atoms. The number of carbonyl (C=O) groups excluding carboxylic acids is 2. The first kappa shape index (κ1) is 59.9. The smallest absolute Gasteiger partial charge is 0.306 e. The summed E-state index contributed by atoms with van der Waals surface area (Å²) in [7, 11) is 0. The Morgan fingerprint density at radius 2 is 0.726 bits per heavy atom. The van der Waals surface area contributed by atoms with Crippen LogP contribution in [0.25, 0.3) is 0 Å². The summed E-state index contributed by atoms with van der Waals surface area (Å²) in [6, 6.07) is 0. The van der Waals surface area contributed by atoms with Crippen molar-refractivity contribution >= 4 is 11.9 Å². The summed E-state index contributed by atoms with van der Waals surface area (Å²) < 4.78 is 17.4. The van der Waals surface area contributed by atoms with Crippen molar-refractivity contribution < 1.29 is 23.8 Å². The Bertz CT molecular complexity index is 1030. The second-order valence-corrected chi connectivity index (χ2v) is 18.1. The molecule has 1 unspecified atom stereocenters. The van der Waals surface area contributed by atoms with Crippen LogP contribution >= 0.6 is 0 Å². The van der Waals surface area contributed by atoms with Crippen LogP contribution in [0.3, 0.4) is 0 Å². The molecule has 5 nitrogen and oxygen atoms in total. The van der Waals surface area contributed by atoms with Gasteiger partial charge in [-0.3, -0.25) is 9.59 Å². The van der Waals surface area contributed by atoms with Gasteiger partial charge in [0.15, 0.2) is 6.10 Å². The molecule has 0 radical (unpaired) electrons. The van der Waals surface area contributed by atoms with Gasteiger partial charge in [-0.1, -0.05) is 256 Å². The van der Waals surface area contributed by atoms with E-state index in [1.807, 2.05) is 0 Å². The molecule has 0 heterocycles. The quantitative estimate of drug-likeness (QED) is 0.0346. The summed E-state index contributed by atoms with van der Waals surface area (Å²) in [4.78, 5) is 25.4. The molecular formula is C57H104O5. The lowest BCUT2D eigenvalue weighted by molar-refractivity contribution is -0.163.